The van der Waals surface area contributed by atoms with Crippen LogP contribution in [0.2, 0.25) is 0 Å². The maximum absolute atomic E-state index is 13.2. The van der Waals surface area contributed by atoms with Crippen molar-refractivity contribution in [1.82, 2.24) is 0 Å². The number of ether oxygens (including phenoxy) is 2. The summed E-state index contributed by atoms with van der Waals surface area (Å²) in [7, 11) is 1.50. The van der Waals surface area contributed by atoms with E-state index in [0.717, 1.165) is 0 Å². The van der Waals surface area contributed by atoms with E-state index in [9.17, 15) is 9.18 Å². The van der Waals surface area contributed by atoms with E-state index in [0.29, 0.717) is 22.6 Å². The first-order valence-corrected chi connectivity index (χ1v) is 6.30. The van der Waals surface area contributed by atoms with E-state index in [1.807, 2.05) is 0 Å². The monoisotopic (exact) mass is 290 g/mol. The lowest BCUT2D eigenvalue weighted by Gasteiger charge is -2.11. The van der Waals surface area contributed by atoms with Gasteiger partial charge in [0.15, 0.2) is 0 Å². The fraction of sp³-hybridized carbons (Fsp3) is 0.188. The van der Waals surface area contributed by atoms with Crippen LogP contribution < -0.4 is 9.47 Å². The number of carboxylic acid groups (broad SMARTS) is 1. The molecule has 0 saturated carbocycles. The van der Waals surface area contributed by atoms with Crippen molar-refractivity contribution in [3.8, 4) is 11.5 Å². The molecule has 0 aliphatic rings. The van der Waals surface area contributed by atoms with Gasteiger partial charge in [-0.3, -0.25) is 0 Å². The molecule has 0 aliphatic carbocycles. The average Bonchev–Trinajstić information content (AvgIpc) is 2.45. The molecule has 110 valence electrons. The van der Waals surface area contributed by atoms with Gasteiger partial charge in [-0.25, -0.2) is 9.18 Å². The van der Waals surface area contributed by atoms with Gasteiger partial charge in [0.25, 0.3) is 0 Å². The molecule has 0 unspecified atom stereocenters. The third kappa shape index (κ3) is 3.51. The molecule has 0 atom stereocenters. The van der Waals surface area contributed by atoms with Crippen LogP contribution in [0.15, 0.2) is 36.4 Å². The van der Waals surface area contributed by atoms with Crippen molar-refractivity contribution in [1.29, 1.82) is 0 Å². The molecule has 5 heteroatoms. The molecule has 2 aromatic rings. The number of carbonyl (C=O) groups is 1. The highest BCUT2D eigenvalue weighted by atomic mass is 19.1. The summed E-state index contributed by atoms with van der Waals surface area (Å²) in [5.41, 5.74) is 1.41. The van der Waals surface area contributed by atoms with E-state index in [1.54, 1.807) is 19.1 Å². The Bertz CT molecular complexity index is 667. The fourth-order valence-electron chi connectivity index (χ4n) is 1.99. The summed E-state index contributed by atoms with van der Waals surface area (Å²) in [6.45, 7) is 1.83. The summed E-state index contributed by atoms with van der Waals surface area (Å²) in [4.78, 5) is 10.9. The van der Waals surface area contributed by atoms with Crippen LogP contribution in [0.25, 0.3) is 0 Å². The Morgan fingerprint density at radius 2 is 2.00 bits per heavy atom. The molecular weight excluding hydrogens is 275 g/mol. The number of rotatable bonds is 5. The molecule has 0 aliphatic heterocycles. The van der Waals surface area contributed by atoms with Crippen molar-refractivity contribution >= 4 is 5.97 Å². The second-order valence-electron chi connectivity index (χ2n) is 4.53. The number of aromatic carboxylic acids is 1. The second-order valence-corrected chi connectivity index (χ2v) is 4.53. The van der Waals surface area contributed by atoms with Crippen LogP contribution in [0.4, 0.5) is 4.39 Å². The Kier molecular flexibility index (Phi) is 4.42. The predicted molar refractivity (Wildman–Crippen MR) is 75.4 cm³/mol. The van der Waals surface area contributed by atoms with Gasteiger partial charge >= 0.3 is 5.97 Å². The lowest BCUT2D eigenvalue weighted by Crippen LogP contribution is -2.02. The van der Waals surface area contributed by atoms with Gasteiger partial charge in [0.1, 0.15) is 23.9 Å². The minimum atomic E-state index is -0.981. The van der Waals surface area contributed by atoms with Crippen molar-refractivity contribution in [2.75, 3.05) is 7.11 Å². The van der Waals surface area contributed by atoms with Crippen molar-refractivity contribution in [3.63, 3.8) is 0 Å². The van der Waals surface area contributed by atoms with Gasteiger partial charge in [0.2, 0.25) is 0 Å². The third-order valence-electron chi connectivity index (χ3n) is 3.07. The zero-order chi connectivity index (χ0) is 15.4. The smallest absolute Gasteiger partial charge is 0.335 e. The zero-order valence-corrected chi connectivity index (χ0v) is 11.7. The van der Waals surface area contributed by atoms with E-state index in [1.165, 1.54) is 31.4 Å². The zero-order valence-electron chi connectivity index (χ0n) is 11.7. The van der Waals surface area contributed by atoms with Crippen LogP contribution in [-0.4, -0.2) is 18.2 Å². The standard InChI is InChI=1S/C16H15FO4/c1-10-7-13(4-5-14(10)16(18)19)21-9-11-8-12(17)3-6-15(11)20-2/h3-8H,9H2,1-2H3,(H,18,19). The fourth-order valence-corrected chi connectivity index (χ4v) is 1.99. The summed E-state index contributed by atoms with van der Waals surface area (Å²) in [5, 5.41) is 8.96. The lowest BCUT2D eigenvalue weighted by molar-refractivity contribution is 0.0696. The van der Waals surface area contributed by atoms with Crippen LogP contribution >= 0.6 is 0 Å². The number of carboxylic acids is 1. The van der Waals surface area contributed by atoms with Gasteiger partial charge < -0.3 is 14.6 Å². The van der Waals surface area contributed by atoms with Crippen molar-refractivity contribution in [3.05, 3.63) is 58.9 Å². The first-order valence-electron chi connectivity index (χ1n) is 6.30. The van der Waals surface area contributed by atoms with E-state index in [-0.39, 0.29) is 18.0 Å². The topological polar surface area (TPSA) is 55.8 Å². The second kappa shape index (κ2) is 6.26. The first kappa shape index (κ1) is 14.8. The molecule has 0 spiro atoms. The van der Waals surface area contributed by atoms with E-state index >= 15 is 0 Å². The molecule has 0 heterocycles. The number of halogens is 1. The highest BCUT2D eigenvalue weighted by Gasteiger charge is 2.09. The average molecular weight is 290 g/mol. The maximum Gasteiger partial charge on any atom is 0.335 e. The van der Waals surface area contributed by atoms with E-state index < -0.39 is 5.97 Å². The van der Waals surface area contributed by atoms with Crippen molar-refractivity contribution < 1.29 is 23.8 Å². The van der Waals surface area contributed by atoms with Gasteiger partial charge in [-0.15, -0.1) is 0 Å². The molecule has 0 amide bonds. The van der Waals surface area contributed by atoms with Gasteiger partial charge in [-0.2, -0.15) is 0 Å². The highest BCUT2D eigenvalue weighted by molar-refractivity contribution is 5.89. The molecule has 0 aromatic heterocycles. The van der Waals surface area contributed by atoms with Crippen LogP contribution in [0, 0.1) is 12.7 Å². The van der Waals surface area contributed by atoms with E-state index in [2.05, 4.69) is 0 Å². The largest absolute Gasteiger partial charge is 0.496 e. The van der Waals surface area contributed by atoms with Gasteiger partial charge in [-0.1, -0.05) is 0 Å². The molecule has 2 aromatic carbocycles. The number of hydrogen-bond acceptors (Lipinski definition) is 3. The van der Waals surface area contributed by atoms with Crippen LogP contribution in [0.5, 0.6) is 11.5 Å². The minimum absolute atomic E-state index is 0.132. The minimum Gasteiger partial charge on any atom is -0.496 e. The number of aryl methyl sites for hydroxylation is 1. The SMILES string of the molecule is COc1ccc(F)cc1COc1ccc(C(=O)O)c(C)c1. The first-order chi connectivity index (χ1) is 10.0. The quantitative estimate of drug-likeness (QED) is 0.916. The summed E-state index contributed by atoms with van der Waals surface area (Å²) >= 11 is 0. The molecule has 2 rings (SSSR count). The number of hydrogen-bond donors (Lipinski definition) is 1. The van der Waals surface area contributed by atoms with Gasteiger partial charge in [-0.05, 0) is 48.9 Å². The number of methoxy groups -OCH3 is 1. The Morgan fingerprint density at radius 1 is 1.24 bits per heavy atom. The Balaban J connectivity index is 2.15. The van der Waals surface area contributed by atoms with Gasteiger partial charge in [0.05, 0.1) is 12.7 Å². The maximum atomic E-state index is 13.2. The molecular formula is C16H15FO4. The highest BCUT2D eigenvalue weighted by Crippen LogP contribution is 2.23. The lowest BCUT2D eigenvalue weighted by atomic mass is 10.1. The number of benzene rings is 2. The third-order valence-corrected chi connectivity index (χ3v) is 3.07. The molecule has 0 radical (unpaired) electrons. The summed E-state index contributed by atoms with van der Waals surface area (Å²) in [6, 6.07) is 8.88. The molecule has 0 fully saturated rings. The molecule has 1 N–H and O–H groups in total. The summed E-state index contributed by atoms with van der Waals surface area (Å²) in [5.74, 6) is -0.295. The Labute approximate surface area is 121 Å². The van der Waals surface area contributed by atoms with Crippen molar-refractivity contribution in [2.24, 2.45) is 0 Å². The van der Waals surface area contributed by atoms with Gasteiger partial charge in [0, 0.05) is 5.56 Å². The molecule has 4 nitrogen and oxygen atoms in total. The van der Waals surface area contributed by atoms with Crippen LogP contribution in [0.1, 0.15) is 21.5 Å². The molecule has 21 heavy (non-hydrogen) atoms. The molecule has 0 bridgehead atoms. The predicted octanol–water partition coefficient (Wildman–Crippen LogP) is 3.42. The molecule has 0 saturated heterocycles. The van der Waals surface area contributed by atoms with Crippen LogP contribution in [0.3, 0.4) is 0 Å². The Morgan fingerprint density at radius 3 is 2.62 bits per heavy atom. The van der Waals surface area contributed by atoms with E-state index in [4.69, 9.17) is 14.6 Å². The van der Waals surface area contributed by atoms with Crippen molar-refractivity contribution in [2.45, 2.75) is 13.5 Å². The normalized spacial score (nSPS) is 10.2. The van der Waals surface area contributed by atoms with Crippen LogP contribution in [-0.2, 0) is 6.61 Å². The summed E-state index contributed by atoms with van der Waals surface area (Å²) < 4.78 is 23.9. The summed E-state index contributed by atoms with van der Waals surface area (Å²) in [6.07, 6.45) is 0. The Hall–Kier alpha value is -2.56.